The zero-order valence-electron chi connectivity index (χ0n) is 16.3. The molecular weight excluding hydrogens is 374 g/mol. The lowest BCUT2D eigenvalue weighted by Gasteiger charge is -2.16. The van der Waals surface area contributed by atoms with Crippen LogP contribution >= 0.6 is 0 Å². The SMILES string of the molecule is CCc1cccc(NC(=O)C(CC(C)C)N=C2NS(=O)(=O)c3ccccc32)c1. The Bertz CT molecular complexity index is 1010. The van der Waals surface area contributed by atoms with Gasteiger partial charge in [-0.3, -0.25) is 14.5 Å². The minimum atomic E-state index is -3.63. The van der Waals surface area contributed by atoms with Gasteiger partial charge in [0.1, 0.15) is 11.9 Å². The first kappa shape index (κ1) is 20.1. The number of amidine groups is 1. The van der Waals surface area contributed by atoms with E-state index in [0.717, 1.165) is 12.0 Å². The largest absolute Gasteiger partial charge is 0.324 e. The molecule has 7 heteroatoms. The average molecular weight is 400 g/mol. The van der Waals surface area contributed by atoms with Crippen molar-refractivity contribution in [3.05, 3.63) is 59.7 Å². The lowest BCUT2D eigenvalue weighted by molar-refractivity contribution is -0.117. The van der Waals surface area contributed by atoms with E-state index >= 15 is 0 Å². The summed E-state index contributed by atoms with van der Waals surface area (Å²) in [5.41, 5.74) is 2.34. The lowest BCUT2D eigenvalue weighted by Crippen LogP contribution is -2.31. The number of benzene rings is 2. The molecule has 1 amide bonds. The van der Waals surface area contributed by atoms with Crippen molar-refractivity contribution in [2.45, 2.75) is 44.6 Å². The van der Waals surface area contributed by atoms with Gasteiger partial charge in [-0.25, -0.2) is 8.42 Å². The van der Waals surface area contributed by atoms with Crippen LogP contribution in [0.15, 0.2) is 58.4 Å². The number of fused-ring (bicyclic) bond motifs is 1. The van der Waals surface area contributed by atoms with Gasteiger partial charge in [0, 0.05) is 11.3 Å². The van der Waals surface area contributed by atoms with Crippen molar-refractivity contribution in [1.29, 1.82) is 0 Å². The standard InChI is InChI=1S/C21H25N3O3S/c1-4-15-8-7-9-16(13-15)22-21(25)18(12-14(2)3)23-20-17-10-5-6-11-19(17)28(26,27)24-20/h5-11,13-14,18H,4,12H2,1-3H3,(H,22,25)(H,23,24). The van der Waals surface area contributed by atoms with Gasteiger partial charge < -0.3 is 5.32 Å². The summed E-state index contributed by atoms with van der Waals surface area (Å²) in [5.74, 6) is 0.187. The van der Waals surface area contributed by atoms with Crippen LogP contribution in [-0.4, -0.2) is 26.2 Å². The Balaban J connectivity index is 1.90. The minimum Gasteiger partial charge on any atom is -0.324 e. The number of carbonyl (C=O) groups excluding carboxylic acids is 1. The number of aryl methyl sites for hydroxylation is 1. The van der Waals surface area contributed by atoms with E-state index in [2.05, 4.69) is 22.0 Å². The predicted molar refractivity (Wildman–Crippen MR) is 111 cm³/mol. The molecule has 0 saturated heterocycles. The normalized spacial score (nSPS) is 17.2. The molecule has 0 spiro atoms. The topological polar surface area (TPSA) is 87.6 Å². The van der Waals surface area contributed by atoms with Crippen molar-refractivity contribution in [1.82, 2.24) is 4.72 Å². The van der Waals surface area contributed by atoms with Crippen LogP contribution in [-0.2, 0) is 21.2 Å². The summed E-state index contributed by atoms with van der Waals surface area (Å²) in [6.07, 6.45) is 1.38. The molecule has 2 aromatic rings. The maximum absolute atomic E-state index is 12.9. The zero-order chi connectivity index (χ0) is 20.3. The summed E-state index contributed by atoms with van der Waals surface area (Å²) >= 11 is 0. The van der Waals surface area contributed by atoms with Crippen molar-refractivity contribution < 1.29 is 13.2 Å². The lowest BCUT2D eigenvalue weighted by atomic mass is 10.0. The number of hydrogen-bond acceptors (Lipinski definition) is 4. The molecule has 0 aliphatic carbocycles. The van der Waals surface area contributed by atoms with Gasteiger partial charge in [0.05, 0.1) is 4.90 Å². The molecule has 1 aliphatic heterocycles. The first-order chi connectivity index (χ1) is 13.3. The molecule has 28 heavy (non-hydrogen) atoms. The van der Waals surface area contributed by atoms with E-state index in [9.17, 15) is 13.2 Å². The molecule has 0 bridgehead atoms. The van der Waals surface area contributed by atoms with Crippen molar-refractivity contribution in [3.63, 3.8) is 0 Å². The van der Waals surface area contributed by atoms with E-state index < -0.39 is 16.1 Å². The number of carbonyl (C=O) groups is 1. The number of anilines is 1. The quantitative estimate of drug-likeness (QED) is 0.781. The Morgan fingerprint density at radius 1 is 1.14 bits per heavy atom. The van der Waals surface area contributed by atoms with Gasteiger partial charge in [0.2, 0.25) is 5.91 Å². The predicted octanol–water partition coefficient (Wildman–Crippen LogP) is 3.34. The van der Waals surface area contributed by atoms with Crippen LogP contribution in [0.2, 0.25) is 0 Å². The minimum absolute atomic E-state index is 0.188. The van der Waals surface area contributed by atoms with E-state index in [1.165, 1.54) is 6.07 Å². The Morgan fingerprint density at radius 3 is 2.61 bits per heavy atom. The summed E-state index contributed by atoms with van der Waals surface area (Å²) in [7, 11) is -3.63. The summed E-state index contributed by atoms with van der Waals surface area (Å²) in [4.78, 5) is 17.6. The zero-order valence-corrected chi connectivity index (χ0v) is 17.1. The number of nitrogens with zero attached hydrogens (tertiary/aromatic N) is 1. The molecule has 1 atom stereocenters. The third kappa shape index (κ3) is 4.42. The fourth-order valence-electron chi connectivity index (χ4n) is 3.15. The van der Waals surface area contributed by atoms with Crippen LogP contribution in [0.4, 0.5) is 5.69 Å². The third-order valence-electron chi connectivity index (χ3n) is 4.55. The Labute approximate surface area is 166 Å². The van der Waals surface area contributed by atoms with Crippen LogP contribution in [0.25, 0.3) is 0 Å². The molecular formula is C21H25N3O3S. The van der Waals surface area contributed by atoms with E-state index in [4.69, 9.17) is 0 Å². The third-order valence-corrected chi connectivity index (χ3v) is 5.94. The van der Waals surface area contributed by atoms with Crippen molar-refractivity contribution in [2.24, 2.45) is 10.9 Å². The molecule has 1 heterocycles. The highest BCUT2D eigenvalue weighted by atomic mass is 32.2. The molecule has 3 rings (SSSR count). The Morgan fingerprint density at radius 2 is 1.89 bits per heavy atom. The van der Waals surface area contributed by atoms with Crippen molar-refractivity contribution in [3.8, 4) is 0 Å². The molecule has 6 nitrogen and oxygen atoms in total. The number of aliphatic imine (C=N–C) groups is 1. The average Bonchev–Trinajstić information content (AvgIpc) is 2.91. The van der Waals surface area contributed by atoms with E-state index in [1.807, 2.05) is 38.1 Å². The second kappa shape index (κ2) is 8.14. The van der Waals surface area contributed by atoms with Crippen LogP contribution in [0.1, 0.15) is 38.3 Å². The highest BCUT2D eigenvalue weighted by molar-refractivity contribution is 7.90. The molecule has 0 radical (unpaired) electrons. The van der Waals surface area contributed by atoms with Gasteiger partial charge in [-0.1, -0.05) is 45.0 Å². The monoisotopic (exact) mass is 399 g/mol. The molecule has 1 aliphatic rings. The number of sulfonamides is 1. The molecule has 2 aromatic carbocycles. The van der Waals surface area contributed by atoms with Crippen molar-refractivity contribution >= 4 is 27.5 Å². The van der Waals surface area contributed by atoms with Gasteiger partial charge in [-0.05, 0) is 48.6 Å². The smallest absolute Gasteiger partial charge is 0.263 e. The fourth-order valence-corrected chi connectivity index (χ4v) is 4.38. The van der Waals surface area contributed by atoms with Gasteiger partial charge in [-0.15, -0.1) is 0 Å². The van der Waals surface area contributed by atoms with Crippen LogP contribution in [0, 0.1) is 5.92 Å². The summed E-state index contributed by atoms with van der Waals surface area (Å²) in [6, 6.07) is 13.6. The molecule has 2 N–H and O–H groups in total. The van der Waals surface area contributed by atoms with Gasteiger partial charge >= 0.3 is 0 Å². The van der Waals surface area contributed by atoms with Crippen LogP contribution < -0.4 is 10.0 Å². The maximum Gasteiger partial charge on any atom is 0.263 e. The van der Waals surface area contributed by atoms with Crippen LogP contribution in [0.5, 0.6) is 0 Å². The second-order valence-corrected chi connectivity index (χ2v) is 8.92. The van der Waals surface area contributed by atoms with E-state index in [-0.39, 0.29) is 22.6 Å². The summed E-state index contributed by atoms with van der Waals surface area (Å²) < 4.78 is 27.1. The van der Waals surface area contributed by atoms with Gasteiger partial charge in [0.25, 0.3) is 10.0 Å². The van der Waals surface area contributed by atoms with E-state index in [0.29, 0.717) is 17.7 Å². The summed E-state index contributed by atoms with van der Waals surface area (Å²) in [6.45, 7) is 6.06. The number of hydrogen-bond donors (Lipinski definition) is 2. The van der Waals surface area contributed by atoms with Crippen LogP contribution in [0.3, 0.4) is 0 Å². The first-order valence-electron chi connectivity index (χ1n) is 9.40. The number of nitrogens with one attached hydrogen (secondary N) is 2. The molecule has 1 unspecified atom stereocenters. The second-order valence-electron chi connectivity index (χ2n) is 7.27. The Kier molecular flexibility index (Phi) is 5.84. The molecule has 148 valence electrons. The van der Waals surface area contributed by atoms with Gasteiger partial charge in [-0.2, -0.15) is 0 Å². The van der Waals surface area contributed by atoms with E-state index in [1.54, 1.807) is 18.2 Å². The number of rotatable bonds is 6. The van der Waals surface area contributed by atoms with Crippen molar-refractivity contribution in [2.75, 3.05) is 5.32 Å². The van der Waals surface area contributed by atoms with Gasteiger partial charge in [0.15, 0.2) is 0 Å². The fraction of sp³-hybridized carbons (Fsp3) is 0.333. The highest BCUT2D eigenvalue weighted by Crippen LogP contribution is 2.24. The summed E-state index contributed by atoms with van der Waals surface area (Å²) in [5, 5.41) is 2.92. The molecule has 0 fully saturated rings. The maximum atomic E-state index is 12.9. The Hall–Kier alpha value is -2.67. The number of amides is 1. The highest BCUT2D eigenvalue weighted by Gasteiger charge is 2.32. The first-order valence-corrected chi connectivity index (χ1v) is 10.9. The molecule has 0 saturated carbocycles. The molecule has 0 aromatic heterocycles.